The van der Waals surface area contributed by atoms with Crippen LogP contribution in [0.5, 0.6) is 5.75 Å². The number of likely N-dealkylation sites (N-methyl/N-ethyl adjacent to an activating group) is 1. The molecule has 0 aliphatic carbocycles. The summed E-state index contributed by atoms with van der Waals surface area (Å²) < 4.78 is 11.4. The Morgan fingerprint density at radius 2 is 1.97 bits per heavy atom. The van der Waals surface area contributed by atoms with Crippen molar-refractivity contribution in [2.24, 2.45) is 0 Å². The van der Waals surface area contributed by atoms with Crippen molar-refractivity contribution >= 4 is 23.1 Å². The van der Waals surface area contributed by atoms with Crippen molar-refractivity contribution < 1.29 is 19.4 Å². The van der Waals surface area contributed by atoms with E-state index in [2.05, 4.69) is 16.0 Å². The summed E-state index contributed by atoms with van der Waals surface area (Å²) in [5.41, 5.74) is 3.10. The normalized spacial score (nSPS) is 14.7. The van der Waals surface area contributed by atoms with Crippen LogP contribution in [0.2, 0.25) is 0 Å². The molecule has 0 saturated carbocycles. The van der Waals surface area contributed by atoms with E-state index in [1.807, 2.05) is 38.1 Å². The second-order valence-electron chi connectivity index (χ2n) is 10.1. The smallest absolute Gasteiger partial charge is 0.257 e. The van der Waals surface area contributed by atoms with Gasteiger partial charge in [0.05, 0.1) is 22.5 Å². The predicted molar refractivity (Wildman–Crippen MR) is 152 cm³/mol. The Labute approximate surface area is 225 Å². The zero-order valence-corrected chi connectivity index (χ0v) is 23.4. The summed E-state index contributed by atoms with van der Waals surface area (Å²) >= 11 is 0. The molecule has 1 aliphatic rings. The maximum atomic E-state index is 13.7. The zero-order chi connectivity index (χ0) is 27.8. The molecule has 2 heterocycles. The molecule has 1 saturated heterocycles. The fourth-order valence-corrected chi connectivity index (χ4v) is 4.38. The molecule has 0 radical (unpaired) electrons. The fraction of sp³-hybridized carbons (Fsp3) is 0.536. The van der Waals surface area contributed by atoms with Gasteiger partial charge < -0.3 is 40.8 Å². The van der Waals surface area contributed by atoms with E-state index in [-0.39, 0.29) is 24.6 Å². The van der Waals surface area contributed by atoms with Crippen LogP contribution in [-0.4, -0.2) is 92.3 Å². The third-order valence-corrected chi connectivity index (χ3v) is 6.18. The van der Waals surface area contributed by atoms with Crippen LogP contribution in [0.15, 0.2) is 24.3 Å². The molecule has 38 heavy (non-hydrogen) atoms. The first kappa shape index (κ1) is 29.3. The van der Waals surface area contributed by atoms with Crippen LogP contribution in [0.1, 0.15) is 49.5 Å². The van der Waals surface area contributed by atoms with Gasteiger partial charge in [0.15, 0.2) is 0 Å². The van der Waals surface area contributed by atoms with E-state index in [1.165, 1.54) is 4.90 Å². The van der Waals surface area contributed by atoms with Gasteiger partial charge in [-0.05, 0) is 52.8 Å². The third-order valence-electron chi connectivity index (χ3n) is 6.18. The minimum atomic E-state index is -0.653. The number of rotatable bonds is 12. The lowest BCUT2D eigenvalue weighted by Gasteiger charge is -2.29. The van der Waals surface area contributed by atoms with Crippen LogP contribution in [0.4, 0.5) is 11.5 Å². The highest BCUT2D eigenvalue weighted by Gasteiger charge is 2.29. The van der Waals surface area contributed by atoms with Crippen molar-refractivity contribution in [2.75, 3.05) is 58.1 Å². The number of amides is 1. The molecule has 208 valence electrons. The summed E-state index contributed by atoms with van der Waals surface area (Å²) in [5, 5.41) is 28.6. The number of hydrogen-bond acceptors (Lipinski definition) is 9. The van der Waals surface area contributed by atoms with Crippen molar-refractivity contribution in [1.29, 1.82) is 5.41 Å². The Hall–Kier alpha value is -3.21. The first-order valence-corrected chi connectivity index (χ1v) is 13.1. The maximum absolute atomic E-state index is 13.7. The van der Waals surface area contributed by atoms with Gasteiger partial charge in [-0.2, -0.15) is 0 Å². The van der Waals surface area contributed by atoms with Crippen LogP contribution in [0.3, 0.4) is 0 Å². The molecule has 10 heteroatoms. The first-order valence-electron chi connectivity index (χ1n) is 13.1. The number of pyridine rings is 1. The monoisotopic (exact) mass is 526 g/mol. The summed E-state index contributed by atoms with van der Waals surface area (Å²) in [6, 6.07) is 7.53. The van der Waals surface area contributed by atoms with Gasteiger partial charge >= 0.3 is 0 Å². The number of carbonyl (C=O) groups is 1. The molecular weight excluding hydrogens is 484 g/mol. The van der Waals surface area contributed by atoms with Gasteiger partial charge in [-0.25, -0.2) is 4.98 Å². The van der Waals surface area contributed by atoms with E-state index in [1.54, 1.807) is 28.1 Å². The molecule has 1 atom stereocenters. The highest BCUT2D eigenvalue weighted by atomic mass is 16.5. The summed E-state index contributed by atoms with van der Waals surface area (Å²) in [6.45, 7) is 7.57. The van der Waals surface area contributed by atoms with Crippen LogP contribution >= 0.6 is 0 Å². The summed E-state index contributed by atoms with van der Waals surface area (Å²) in [4.78, 5) is 20.2. The number of nitrogens with one attached hydrogen (secondary N) is 4. The van der Waals surface area contributed by atoms with E-state index >= 15 is 0 Å². The van der Waals surface area contributed by atoms with Crippen molar-refractivity contribution in [1.82, 2.24) is 15.2 Å². The predicted octanol–water partition coefficient (Wildman–Crippen LogP) is 3.21. The molecule has 1 amide bonds. The van der Waals surface area contributed by atoms with Crippen LogP contribution in [0, 0.1) is 5.41 Å². The minimum Gasteiger partial charge on any atom is -0.491 e. The van der Waals surface area contributed by atoms with Gasteiger partial charge in [-0.1, -0.05) is 12.1 Å². The highest BCUT2D eigenvalue weighted by molar-refractivity contribution is 6.14. The van der Waals surface area contributed by atoms with E-state index in [9.17, 15) is 9.90 Å². The summed E-state index contributed by atoms with van der Waals surface area (Å²) in [5.74, 6) is 0.895. The maximum Gasteiger partial charge on any atom is 0.257 e. The molecule has 1 aliphatic heterocycles. The number of hydrogen-bond donors (Lipinski definition) is 5. The number of nitrogens with zero attached hydrogens (tertiary/aromatic N) is 2. The van der Waals surface area contributed by atoms with Crippen molar-refractivity contribution in [2.45, 2.75) is 51.8 Å². The molecule has 1 aromatic carbocycles. The molecule has 1 fully saturated rings. The SMILES string of the molecule is CNCC(O)COc1cccc(-c2nc(NC(C)C)c(C(C)=N)c(NC3CCOCC3)c2C(=O)N(C)C)c1. The lowest BCUT2D eigenvalue weighted by atomic mass is 9.96. The number of aliphatic hydroxyl groups excluding tert-OH is 1. The van der Waals surface area contributed by atoms with Crippen molar-refractivity contribution in [3.8, 4) is 17.0 Å². The van der Waals surface area contributed by atoms with E-state index in [4.69, 9.17) is 19.9 Å². The second-order valence-corrected chi connectivity index (χ2v) is 10.1. The van der Waals surface area contributed by atoms with Gasteiger partial charge in [0.2, 0.25) is 0 Å². The average Bonchev–Trinajstić information content (AvgIpc) is 2.87. The summed E-state index contributed by atoms with van der Waals surface area (Å²) in [6.07, 6.45) is 0.948. The first-order chi connectivity index (χ1) is 18.1. The molecule has 0 bridgehead atoms. The Morgan fingerprint density at radius 3 is 2.58 bits per heavy atom. The van der Waals surface area contributed by atoms with Crippen LogP contribution in [-0.2, 0) is 4.74 Å². The number of benzene rings is 1. The standard InChI is InChI=1S/C28H42N6O4/c1-17(2)31-27-23(18(3)29)26(32-20-10-12-37-13-11-20)24(28(36)34(5)6)25(33-27)19-8-7-9-22(14-19)38-16-21(35)15-30-4/h7-9,14,17,20-21,29-30,35H,10-13,15-16H2,1-6H3,(H2,31,32,33). The van der Waals surface area contributed by atoms with Crippen LogP contribution < -0.4 is 20.7 Å². The highest BCUT2D eigenvalue weighted by Crippen LogP contribution is 2.38. The number of aliphatic hydroxyl groups is 1. The molecule has 10 nitrogen and oxygen atoms in total. The number of ether oxygens (including phenoxy) is 2. The van der Waals surface area contributed by atoms with E-state index in [0.717, 1.165) is 12.8 Å². The number of carbonyl (C=O) groups excluding carboxylic acids is 1. The molecule has 1 aromatic heterocycles. The van der Waals surface area contributed by atoms with E-state index in [0.29, 0.717) is 65.1 Å². The third kappa shape index (κ3) is 7.43. The fourth-order valence-electron chi connectivity index (χ4n) is 4.38. The van der Waals surface area contributed by atoms with E-state index < -0.39 is 6.10 Å². The summed E-state index contributed by atoms with van der Waals surface area (Å²) in [7, 11) is 5.20. The quantitative estimate of drug-likeness (QED) is 0.267. The lowest BCUT2D eigenvalue weighted by Crippen LogP contribution is -2.32. The number of anilines is 2. The van der Waals surface area contributed by atoms with Crippen molar-refractivity contribution in [3.05, 3.63) is 35.4 Å². The number of aromatic nitrogens is 1. The Bertz CT molecular complexity index is 1110. The van der Waals surface area contributed by atoms with Crippen LogP contribution in [0.25, 0.3) is 11.3 Å². The molecular formula is C28H42N6O4. The van der Waals surface area contributed by atoms with Gasteiger partial charge in [-0.15, -0.1) is 0 Å². The van der Waals surface area contributed by atoms with Gasteiger partial charge in [-0.3, -0.25) is 4.79 Å². The van der Waals surface area contributed by atoms with Gasteiger partial charge in [0.25, 0.3) is 5.91 Å². The minimum absolute atomic E-state index is 0.0584. The van der Waals surface area contributed by atoms with Gasteiger partial charge in [0.1, 0.15) is 24.3 Å². The molecule has 1 unspecified atom stereocenters. The largest absolute Gasteiger partial charge is 0.491 e. The Balaban J connectivity index is 2.22. The average molecular weight is 527 g/mol. The molecule has 0 spiro atoms. The Kier molecular flexibility index (Phi) is 10.5. The second kappa shape index (κ2) is 13.5. The lowest BCUT2D eigenvalue weighted by molar-refractivity contribution is 0.0828. The molecule has 2 aromatic rings. The molecule has 5 N–H and O–H groups in total. The Morgan fingerprint density at radius 1 is 1.26 bits per heavy atom. The topological polar surface area (TPSA) is 132 Å². The van der Waals surface area contributed by atoms with Crippen molar-refractivity contribution in [3.63, 3.8) is 0 Å². The molecule has 3 rings (SSSR count). The zero-order valence-electron chi connectivity index (χ0n) is 23.4. The van der Waals surface area contributed by atoms with Gasteiger partial charge in [0, 0.05) is 57.2 Å².